The van der Waals surface area contributed by atoms with Gasteiger partial charge in [-0.25, -0.2) is 0 Å². The highest BCUT2D eigenvalue weighted by molar-refractivity contribution is 5.92. The number of carbonyl (C=O) groups excluding carboxylic acids is 1. The lowest BCUT2D eigenvalue weighted by Crippen LogP contribution is -2.38. The Bertz CT molecular complexity index is 602. The Morgan fingerprint density at radius 1 is 1.19 bits per heavy atom. The monoisotopic (exact) mass is 284 g/mol. The number of benzene rings is 1. The van der Waals surface area contributed by atoms with Crippen molar-refractivity contribution in [2.24, 2.45) is 0 Å². The van der Waals surface area contributed by atoms with E-state index >= 15 is 0 Å². The van der Waals surface area contributed by atoms with E-state index in [0.717, 1.165) is 18.5 Å². The van der Waals surface area contributed by atoms with E-state index < -0.39 is 0 Å². The van der Waals surface area contributed by atoms with Crippen LogP contribution in [0.15, 0.2) is 36.5 Å². The molecule has 0 unspecified atom stereocenters. The lowest BCUT2D eigenvalue weighted by molar-refractivity contribution is 0.0690. The quantitative estimate of drug-likeness (QED) is 0.870. The Labute approximate surface area is 124 Å². The minimum absolute atomic E-state index is 0.0379. The molecule has 0 radical (unpaired) electrons. The average Bonchev–Trinajstić information content (AvgIpc) is 3.05. The molecule has 5 heteroatoms. The Kier molecular flexibility index (Phi) is 3.99. The molecule has 1 aliphatic rings. The van der Waals surface area contributed by atoms with Gasteiger partial charge in [0.05, 0.1) is 11.9 Å². The highest BCUT2D eigenvalue weighted by atomic mass is 16.2. The van der Waals surface area contributed by atoms with E-state index in [-0.39, 0.29) is 5.91 Å². The fraction of sp³-hybridized carbons (Fsp3) is 0.438. The van der Waals surface area contributed by atoms with E-state index in [1.807, 2.05) is 42.3 Å². The number of para-hydroxylation sites is 1. The molecular weight excluding hydrogens is 264 g/mol. The topological polar surface area (TPSA) is 51.0 Å². The average molecular weight is 284 g/mol. The van der Waals surface area contributed by atoms with Gasteiger partial charge in [-0.1, -0.05) is 37.5 Å². The van der Waals surface area contributed by atoms with Gasteiger partial charge in [0.1, 0.15) is 0 Å². The maximum absolute atomic E-state index is 12.5. The van der Waals surface area contributed by atoms with Crippen molar-refractivity contribution in [1.29, 1.82) is 0 Å². The molecule has 0 saturated heterocycles. The maximum atomic E-state index is 12.5. The molecule has 1 aromatic carbocycles. The predicted molar refractivity (Wildman–Crippen MR) is 80.3 cm³/mol. The van der Waals surface area contributed by atoms with Crippen molar-refractivity contribution in [3.63, 3.8) is 0 Å². The first-order chi connectivity index (χ1) is 10.3. The summed E-state index contributed by atoms with van der Waals surface area (Å²) >= 11 is 0. The van der Waals surface area contributed by atoms with Crippen molar-refractivity contribution < 1.29 is 4.79 Å². The SMILES string of the molecule is CN(C(=O)c1cnn(-c2ccccc2)n1)C1CCCCC1. The highest BCUT2D eigenvalue weighted by Gasteiger charge is 2.24. The van der Waals surface area contributed by atoms with Crippen LogP contribution in [0.2, 0.25) is 0 Å². The van der Waals surface area contributed by atoms with E-state index in [1.165, 1.54) is 24.1 Å². The Hall–Kier alpha value is -2.17. The first kappa shape index (κ1) is 13.8. The summed E-state index contributed by atoms with van der Waals surface area (Å²) in [5.41, 5.74) is 1.27. The minimum atomic E-state index is -0.0379. The second-order valence-electron chi connectivity index (χ2n) is 5.56. The molecule has 0 bridgehead atoms. The molecule has 21 heavy (non-hydrogen) atoms. The number of carbonyl (C=O) groups is 1. The van der Waals surface area contributed by atoms with Crippen LogP contribution in [-0.4, -0.2) is 38.9 Å². The largest absolute Gasteiger partial charge is 0.337 e. The minimum Gasteiger partial charge on any atom is -0.337 e. The number of nitrogens with zero attached hydrogens (tertiary/aromatic N) is 4. The van der Waals surface area contributed by atoms with Crippen LogP contribution in [0, 0.1) is 0 Å². The van der Waals surface area contributed by atoms with Gasteiger partial charge in [-0.3, -0.25) is 4.79 Å². The zero-order valence-corrected chi connectivity index (χ0v) is 12.3. The summed E-state index contributed by atoms with van der Waals surface area (Å²) in [6.45, 7) is 0. The molecule has 1 amide bonds. The van der Waals surface area contributed by atoms with Crippen LogP contribution in [0.5, 0.6) is 0 Å². The second kappa shape index (κ2) is 6.08. The van der Waals surface area contributed by atoms with Crippen LogP contribution >= 0.6 is 0 Å². The molecule has 1 saturated carbocycles. The lowest BCUT2D eigenvalue weighted by Gasteiger charge is -2.30. The maximum Gasteiger partial charge on any atom is 0.276 e. The number of hydrogen-bond acceptors (Lipinski definition) is 3. The molecule has 5 nitrogen and oxygen atoms in total. The Balaban J connectivity index is 1.74. The summed E-state index contributed by atoms with van der Waals surface area (Å²) in [4.78, 5) is 15.8. The Morgan fingerprint density at radius 2 is 1.90 bits per heavy atom. The van der Waals surface area contributed by atoms with Gasteiger partial charge in [-0.15, -0.1) is 5.10 Å². The summed E-state index contributed by atoms with van der Waals surface area (Å²) in [6.07, 6.45) is 7.43. The molecule has 2 aromatic rings. The van der Waals surface area contributed by atoms with E-state index in [4.69, 9.17) is 0 Å². The van der Waals surface area contributed by atoms with Gasteiger partial charge < -0.3 is 4.90 Å². The summed E-state index contributed by atoms with van der Waals surface area (Å²) < 4.78 is 0. The molecule has 0 N–H and O–H groups in total. The first-order valence-electron chi connectivity index (χ1n) is 7.50. The van der Waals surface area contributed by atoms with Crippen molar-refractivity contribution in [2.45, 2.75) is 38.1 Å². The standard InChI is InChI=1S/C16H20N4O/c1-19(13-8-4-2-5-9-13)16(21)15-12-17-20(18-15)14-10-6-3-7-11-14/h3,6-7,10-13H,2,4-5,8-9H2,1H3. The molecule has 1 aliphatic carbocycles. The zero-order chi connectivity index (χ0) is 14.7. The van der Waals surface area contributed by atoms with Crippen molar-refractivity contribution in [3.8, 4) is 5.69 Å². The van der Waals surface area contributed by atoms with Crippen LogP contribution in [0.1, 0.15) is 42.6 Å². The Morgan fingerprint density at radius 3 is 2.62 bits per heavy atom. The molecule has 0 aliphatic heterocycles. The molecule has 1 aromatic heterocycles. The third kappa shape index (κ3) is 2.96. The van der Waals surface area contributed by atoms with Crippen molar-refractivity contribution in [2.75, 3.05) is 7.05 Å². The third-order valence-electron chi connectivity index (χ3n) is 4.14. The summed E-state index contributed by atoms with van der Waals surface area (Å²) in [5, 5.41) is 8.50. The van der Waals surface area contributed by atoms with Crippen LogP contribution in [0.3, 0.4) is 0 Å². The molecular formula is C16H20N4O. The van der Waals surface area contributed by atoms with E-state index in [0.29, 0.717) is 11.7 Å². The van der Waals surface area contributed by atoms with Gasteiger partial charge in [0.15, 0.2) is 5.69 Å². The normalized spacial score (nSPS) is 15.9. The van der Waals surface area contributed by atoms with E-state index in [9.17, 15) is 4.79 Å². The smallest absolute Gasteiger partial charge is 0.276 e. The van der Waals surface area contributed by atoms with Gasteiger partial charge in [-0.05, 0) is 25.0 Å². The molecule has 0 spiro atoms. The number of hydrogen-bond donors (Lipinski definition) is 0. The third-order valence-corrected chi connectivity index (χ3v) is 4.14. The van der Waals surface area contributed by atoms with Crippen LogP contribution in [0.25, 0.3) is 5.69 Å². The van der Waals surface area contributed by atoms with Crippen molar-refractivity contribution in [3.05, 3.63) is 42.2 Å². The first-order valence-corrected chi connectivity index (χ1v) is 7.50. The van der Waals surface area contributed by atoms with Crippen LogP contribution in [-0.2, 0) is 0 Å². The van der Waals surface area contributed by atoms with Crippen molar-refractivity contribution in [1.82, 2.24) is 19.9 Å². The van der Waals surface area contributed by atoms with Crippen LogP contribution < -0.4 is 0 Å². The number of aromatic nitrogens is 3. The molecule has 0 atom stereocenters. The fourth-order valence-electron chi connectivity index (χ4n) is 2.86. The van der Waals surface area contributed by atoms with Crippen molar-refractivity contribution >= 4 is 5.91 Å². The van der Waals surface area contributed by atoms with E-state index in [2.05, 4.69) is 10.2 Å². The molecule has 3 rings (SSSR count). The predicted octanol–water partition coefficient (Wildman–Crippen LogP) is 2.67. The molecule has 1 fully saturated rings. The zero-order valence-electron chi connectivity index (χ0n) is 12.3. The lowest BCUT2D eigenvalue weighted by atomic mass is 9.94. The summed E-state index contributed by atoms with van der Waals surface area (Å²) in [7, 11) is 1.87. The summed E-state index contributed by atoms with van der Waals surface area (Å²) in [5.74, 6) is -0.0379. The highest BCUT2D eigenvalue weighted by Crippen LogP contribution is 2.22. The van der Waals surface area contributed by atoms with Gasteiger partial charge in [0, 0.05) is 13.1 Å². The molecule has 110 valence electrons. The van der Waals surface area contributed by atoms with Crippen LogP contribution in [0.4, 0.5) is 0 Å². The number of amides is 1. The molecule has 1 heterocycles. The summed E-state index contributed by atoms with van der Waals surface area (Å²) in [6, 6.07) is 9.96. The van der Waals surface area contributed by atoms with Gasteiger partial charge in [0.25, 0.3) is 5.91 Å². The van der Waals surface area contributed by atoms with Gasteiger partial charge >= 0.3 is 0 Å². The number of rotatable bonds is 3. The van der Waals surface area contributed by atoms with Gasteiger partial charge in [-0.2, -0.15) is 9.90 Å². The van der Waals surface area contributed by atoms with Gasteiger partial charge in [0.2, 0.25) is 0 Å². The van der Waals surface area contributed by atoms with E-state index in [1.54, 1.807) is 6.20 Å². The second-order valence-corrected chi connectivity index (χ2v) is 5.56. The fourth-order valence-corrected chi connectivity index (χ4v) is 2.86.